The topological polar surface area (TPSA) is 205 Å². The normalized spacial score (nSPS) is 18.7. The SMILES string of the molecule is O=C(O)CN1CCN(CC(=O)O)CCN(CC(=O)O)C(Cc2ccc([N+](=O)[O-])cc2)CN(CC(=O)O)CC1.[Y+3]. The van der Waals surface area contributed by atoms with Gasteiger partial charge in [0.1, 0.15) is 0 Å². The fourth-order valence-electron chi connectivity index (χ4n) is 4.38. The number of nitro groups is 1. The maximum absolute atomic E-state index is 11.7. The average Bonchev–Trinajstić information content (AvgIpc) is 2.80. The Balaban J connectivity index is 0.00000760. The quantitative estimate of drug-likeness (QED) is 0.173. The molecule has 0 spiro atoms. The summed E-state index contributed by atoms with van der Waals surface area (Å²) in [5, 5.41) is 48.7. The van der Waals surface area contributed by atoms with Gasteiger partial charge in [-0.25, -0.2) is 0 Å². The second-order valence-electron chi connectivity index (χ2n) is 9.11. The Morgan fingerprint density at radius 2 is 1.13 bits per heavy atom. The molecule has 1 unspecified atom stereocenters. The Morgan fingerprint density at radius 1 is 0.718 bits per heavy atom. The van der Waals surface area contributed by atoms with Gasteiger partial charge >= 0.3 is 56.6 Å². The van der Waals surface area contributed by atoms with E-state index in [1.165, 1.54) is 12.1 Å². The third-order valence-corrected chi connectivity index (χ3v) is 6.19. The number of hydrogen-bond donors (Lipinski definition) is 4. The van der Waals surface area contributed by atoms with Gasteiger partial charge in [0.05, 0.1) is 31.1 Å². The van der Waals surface area contributed by atoms with Crippen LogP contribution in [0, 0.1) is 10.1 Å². The zero-order valence-electron chi connectivity index (χ0n) is 21.4. The number of carboxylic acids is 4. The standard InChI is InChI=1S/C23H33N5O10.Y/c29-20(30)13-24-5-6-25(14-21(31)32)9-10-27(16-23(35)36)19(12-26(8-7-24)15-22(33)34)11-17-1-3-18(4-2-17)28(37)38;/h1-4,19H,5-16H2,(H,29,30)(H,31,32)(H,33,34)(H,35,36);/q;+3. The first-order valence-corrected chi connectivity index (χ1v) is 11.9. The van der Waals surface area contributed by atoms with Crippen molar-refractivity contribution in [2.45, 2.75) is 12.5 Å². The van der Waals surface area contributed by atoms with E-state index in [1.807, 2.05) is 0 Å². The fraction of sp³-hybridized carbons (Fsp3) is 0.565. The molecular weight excluding hydrogens is 595 g/mol. The maximum atomic E-state index is 11.7. The van der Waals surface area contributed by atoms with Crippen LogP contribution in [-0.4, -0.2) is 147 Å². The molecule has 1 heterocycles. The zero-order chi connectivity index (χ0) is 28.2. The van der Waals surface area contributed by atoms with Crippen LogP contribution in [0.25, 0.3) is 0 Å². The summed E-state index contributed by atoms with van der Waals surface area (Å²) in [6, 6.07) is 5.24. The molecular formula is C23H33N5O10Y+3. The van der Waals surface area contributed by atoms with Crippen molar-refractivity contribution >= 4 is 29.6 Å². The van der Waals surface area contributed by atoms with Crippen LogP contribution in [0.3, 0.4) is 0 Å². The van der Waals surface area contributed by atoms with Gasteiger partial charge in [-0.2, -0.15) is 0 Å². The minimum absolute atomic E-state index is 0. The summed E-state index contributed by atoms with van der Waals surface area (Å²) in [5.41, 5.74) is 0.568. The van der Waals surface area contributed by atoms with Gasteiger partial charge in [-0.3, -0.25) is 48.9 Å². The van der Waals surface area contributed by atoms with Crippen LogP contribution in [0.4, 0.5) is 5.69 Å². The molecule has 4 N–H and O–H groups in total. The summed E-state index contributed by atoms with van der Waals surface area (Å²) in [7, 11) is 0. The van der Waals surface area contributed by atoms with E-state index < -0.39 is 34.8 Å². The molecule has 39 heavy (non-hydrogen) atoms. The molecule has 0 aliphatic carbocycles. The molecule has 0 bridgehead atoms. The number of aliphatic carboxylic acids is 4. The second kappa shape index (κ2) is 17.2. The van der Waals surface area contributed by atoms with Crippen molar-refractivity contribution in [1.29, 1.82) is 0 Å². The van der Waals surface area contributed by atoms with Gasteiger partial charge in [0.2, 0.25) is 0 Å². The van der Waals surface area contributed by atoms with Crippen molar-refractivity contribution in [2.75, 3.05) is 72.0 Å². The minimum Gasteiger partial charge on any atom is -0.480 e. The van der Waals surface area contributed by atoms with E-state index in [0.717, 1.165) is 0 Å². The van der Waals surface area contributed by atoms with Crippen LogP contribution in [0.15, 0.2) is 24.3 Å². The molecule has 1 atom stereocenters. The monoisotopic (exact) mass is 628 g/mol. The summed E-state index contributed by atoms with van der Waals surface area (Å²) in [6.45, 7) is -0.102. The smallest absolute Gasteiger partial charge is 0.480 e. The number of benzene rings is 1. The fourth-order valence-corrected chi connectivity index (χ4v) is 4.38. The third-order valence-electron chi connectivity index (χ3n) is 6.19. The van der Waals surface area contributed by atoms with Crippen LogP contribution >= 0.6 is 0 Å². The van der Waals surface area contributed by atoms with Crippen molar-refractivity contribution in [3.8, 4) is 0 Å². The molecule has 2 rings (SSSR count). The van der Waals surface area contributed by atoms with E-state index in [4.69, 9.17) is 0 Å². The molecule has 15 nitrogen and oxygen atoms in total. The van der Waals surface area contributed by atoms with Crippen LogP contribution in [0.2, 0.25) is 0 Å². The van der Waals surface area contributed by atoms with E-state index in [9.17, 15) is 49.7 Å². The average molecular weight is 628 g/mol. The number of non-ortho nitro benzene ring substituents is 1. The first-order valence-electron chi connectivity index (χ1n) is 11.9. The molecule has 0 amide bonds. The van der Waals surface area contributed by atoms with Crippen LogP contribution in [0.5, 0.6) is 0 Å². The minimum atomic E-state index is -1.12. The van der Waals surface area contributed by atoms with Crippen molar-refractivity contribution in [3.63, 3.8) is 0 Å². The van der Waals surface area contributed by atoms with Gasteiger partial charge in [0.15, 0.2) is 0 Å². The summed E-state index contributed by atoms with van der Waals surface area (Å²) in [4.78, 5) is 63.1. The van der Waals surface area contributed by atoms with Gasteiger partial charge < -0.3 is 20.4 Å². The second-order valence-corrected chi connectivity index (χ2v) is 9.11. The third kappa shape index (κ3) is 13.4. The first-order chi connectivity index (χ1) is 17.9. The Morgan fingerprint density at radius 3 is 1.56 bits per heavy atom. The molecule has 1 aliphatic heterocycles. The molecule has 16 heteroatoms. The van der Waals surface area contributed by atoms with Crippen LogP contribution < -0.4 is 0 Å². The summed E-state index contributed by atoms with van der Waals surface area (Å²) >= 11 is 0. The molecule has 1 aromatic carbocycles. The Kier molecular flexibility index (Phi) is 15.2. The molecule has 0 saturated carbocycles. The van der Waals surface area contributed by atoms with E-state index in [-0.39, 0.29) is 117 Å². The van der Waals surface area contributed by atoms with Gasteiger partial charge in [-0.05, 0) is 12.0 Å². The van der Waals surface area contributed by atoms with Gasteiger partial charge in [-0.1, -0.05) is 12.1 Å². The Bertz CT molecular complexity index is 996. The number of carbonyl (C=O) groups is 4. The van der Waals surface area contributed by atoms with Crippen molar-refractivity contribution in [2.24, 2.45) is 0 Å². The predicted molar refractivity (Wildman–Crippen MR) is 132 cm³/mol. The number of carboxylic acid groups (broad SMARTS) is 4. The Labute approximate surface area is 250 Å². The van der Waals surface area contributed by atoms with E-state index in [1.54, 1.807) is 31.7 Å². The Hall–Kier alpha value is -2.56. The van der Waals surface area contributed by atoms with Crippen LogP contribution in [-0.2, 0) is 58.3 Å². The zero-order valence-corrected chi connectivity index (χ0v) is 24.3. The molecule has 1 saturated heterocycles. The van der Waals surface area contributed by atoms with Gasteiger partial charge in [0, 0.05) is 64.0 Å². The molecule has 1 aliphatic rings. The van der Waals surface area contributed by atoms with E-state index in [2.05, 4.69) is 0 Å². The number of hydrogen-bond acceptors (Lipinski definition) is 10. The van der Waals surface area contributed by atoms with Crippen LogP contribution in [0.1, 0.15) is 5.56 Å². The first kappa shape index (κ1) is 34.5. The molecule has 1 aromatic rings. The van der Waals surface area contributed by atoms with Crippen molar-refractivity contribution < 1.29 is 77.2 Å². The predicted octanol–water partition coefficient (Wildman–Crippen LogP) is -0.937. The summed E-state index contributed by atoms with van der Waals surface area (Å²) in [6.07, 6.45) is 0.249. The van der Waals surface area contributed by atoms with Gasteiger partial charge in [0.25, 0.3) is 5.69 Å². The number of nitro benzene ring substituents is 1. The maximum Gasteiger partial charge on any atom is 3.00 e. The molecule has 210 valence electrons. The van der Waals surface area contributed by atoms with E-state index in [0.29, 0.717) is 5.56 Å². The summed E-state index contributed by atoms with van der Waals surface area (Å²) < 4.78 is 0. The number of nitrogens with zero attached hydrogens (tertiary/aromatic N) is 5. The van der Waals surface area contributed by atoms with E-state index >= 15 is 0 Å². The molecule has 0 radical (unpaired) electrons. The number of rotatable bonds is 11. The van der Waals surface area contributed by atoms with Crippen molar-refractivity contribution in [1.82, 2.24) is 19.6 Å². The molecule has 1 fully saturated rings. The largest absolute Gasteiger partial charge is 3.00 e. The molecule has 0 aromatic heterocycles. The summed E-state index contributed by atoms with van der Waals surface area (Å²) in [5.74, 6) is -4.38. The van der Waals surface area contributed by atoms with Crippen molar-refractivity contribution in [3.05, 3.63) is 39.9 Å². The van der Waals surface area contributed by atoms with Gasteiger partial charge in [-0.15, -0.1) is 0 Å².